The van der Waals surface area contributed by atoms with Gasteiger partial charge in [-0.25, -0.2) is 4.79 Å². The van der Waals surface area contributed by atoms with E-state index in [9.17, 15) is 9.59 Å². The van der Waals surface area contributed by atoms with Crippen molar-refractivity contribution in [3.05, 3.63) is 0 Å². The molecule has 0 radical (unpaired) electrons. The lowest BCUT2D eigenvalue weighted by Gasteiger charge is -2.37. The fourth-order valence-corrected chi connectivity index (χ4v) is 2.72. The summed E-state index contributed by atoms with van der Waals surface area (Å²) in [4.78, 5) is 24.3. The van der Waals surface area contributed by atoms with Gasteiger partial charge in [-0.1, -0.05) is 0 Å². The fourth-order valence-electron chi connectivity index (χ4n) is 2.72. The van der Waals surface area contributed by atoms with Gasteiger partial charge in [0.1, 0.15) is 0 Å². The molecule has 108 valence electrons. The van der Waals surface area contributed by atoms with Gasteiger partial charge in [-0.3, -0.25) is 4.79 Å². The van der Waals surface area contributed by atoms with E-state index in [1.165, 1.54) is 20.0 Å². The number of nitrogens with two attached hydrogens (primary N) is 1. The summed E-state index contributed by atoms with van der Waals surface area (Å²) in [6, 6.07) is 0.542. The maximum atomic E-state index is 11.4. The number of carbonyl (C=O) groups excluding carboxylic acids is 2. The summed E-state index contributed by atoms with van der Waals surface area (Å²) < 4.78 is 4.66. The molecule has 2 aliphatic rings. The minimum Gasteiger partial charge on any atom is -0.469 e. The molecule has 0 bridgehead atoms. The molecule has 19 heavy (non-hydrogen) atoms. The number of nitrogens with zero attached hydrogens (tertiary/aromatic N) is 1. The van der Waals surface area contributed by atoms with Crippen molar-refractivity contribution in [1.29, 1.82) is 0 Å². The molecule has 1 saturated carbocycles. The van der Waals surface area contributed by atoms with E-state index >= 15 is 0 Å². The van der Waals surface area contributed by atoms with E-state index in [1.54, 1.807) is 4.90 Å². The molecule has 6 heteroatoms. The average molecular weight is 269 g/mol. The number of rotatable bonds is 5. The zero-order valence-electron chi connectivity index (χ0n) is 11.4. The number of ether oxygens (including phenoxy) is 1. The van der Waals surface area contributed by atoms with Crippen LogP contribution in [0.1, 0.15) is 32.1 Å². The molecule has 2 unspecified atom stereocenters. The molecule has 2 amide bonds. The van der Waals surface area contributed by atoms with Gasteiger partial charge >= 0.3 is 12.0 Å². The predicted octanol–water partition coefficient (Wildman–Crippen LogP) is 0.461. The number of esters is 1. The molecule has 1 aliphatic heterocycles. The van der Waals surface area contributed by atoms with Crippen LogP contribution in [0.5, 0.6) is 0 Å². The van der Waals surface area contributed by atoms with E-state index in [4.69, 9.17) is 5.73 Å². The zero-order chi connectivity index (χ0) is 13.8. The molecule has 3 N–H and O–H groups in total. The van der Waals surface area contributed by atoms with Crippen molar-refractivity contribution in [1.82, 2.24) is 10.2 Å². The number of hydrogen-bond acceptors (Lipinski definition) is 4. The number of piperidine rings is 1. The van der Waals surface area contributed by atoms with Crippen LogP contribution < -0.4 is 11.1 Å². The Kier molecular flexibility index (Phi) is 4.63. The molecule has 0 aromatic heterocycles. The van der Waals surface area contributed by atoms with Gasteiger partial charge in [-0.15, -0.1) is 0 Å². The van der Waals surface area contributed by atoms with Gasteiger partial charge in [-0.2, -0.15) is 0 Å². The summed E-state index contributed by atoms with van der Waals surface area (Å²) in [5.41, 5.74) is 5.39. The van der Waals surface area contributed by atoms with Gasteiger partial charge in [0.05, 0.1) is 7.11 Å². The third-order valence-corrected chi connectivity index (χ3v) is 3.88. The van der Waals surface area contributed by atoms with Gasteiger partial charge < -0.3 is 20.7 Å². The first-order chi connectivity index (χ1) is 9.08. The number of hydrogen-bond donors (Lipinski definition) is 2. The summed E-state index contributed by atoms with van der Waals surface area (Å²) in [5.74, 6) is 0.125. The lowest BCUT2D eigenvalue weighted by Crippen LogP contribution is -2.53. The Morgan fingerprint density at radius 1 is 1.32 bits per heavy atom. The standard InChI is InChI=1S/C13H23N3O3/c1-19-12(17)5-2-9-6-11(15-10-3-4-10)8-16(7-9)13(14)18/h9-11,15H,2-8H2,1H3,(H2,14,18). The fraction of sp³-hybridized carbons (Fsp3) is 0.846. The summed E-state index contributed by atoms with van der Waals surface area (Å²) in [5, 5.41) is 3.54. The van der Waals surface area contributed by atoms with Crippen molar-refractivity contribution in [2.45, 2.75) is 44.2 Å². The lowest BCUT2D eigenvalue weighted by molar-refractivity contribution is -0.141. The van der Waals surface area contributed by atoms with Crippen LogP contribution >= 0.6 is 0 Å². The van der Waals surface area contributed by atoms with Crippen LogP contribution in [0.2, 0.25) is 0 Å². The number of carbonyl (C=O) groups is 2. The van der Waals surface area contributed by atoms with Crippen LogP contribution in [0, 0.1) is 5.92 Å². The molecule has 1 saturated heterocycles. The summed E-state index contributed by atoms with van der Waals surface area (Å²) >= 11 is 0. The molecular formula is C13H23N3O3. The highest BCUT2D eigenvalue weighted by Gasteiger charge is 2.32. The topological polar surface area (TPSA) is 84.7 Å². The maximum Gasteiger partial charge on any atom is 0.314 e. The molecule has 2 atom stereocenters. The number of urea groups is 1. The Balaban J connectivity index is 1.85. The summed E-state index contributed by atoms with van der Waals surface area (Å²) in [6.07, 6.45) is 4.60. The summed E-state index contributed by atoms with van der Waals surface area (Å²) in [6.45, 7) is 1.33. The highest BCUT2D eigenvalue weighted by Crippen LogP contribution is 2.25. The Labute approximate surface area is 113 Å². The van der Waals surface area contributed by atoms with E-state index in [-0.39, 0.29) is 12.0 Å². The third-order valence-electron chi connectivity index (χ3n) is 3.88. The Morgan fingerprint density at radius 3 is 2.63 bits per heavy atom. The first-order valence-electron chi connectivity index (χ1n) is 6.95. The smallest absolute Gasteiger partial charge is 0.314 e. The third kappa shape index (κ3) is 4.38. The molecule has 2 rings (SSSR count). The second-order valence-electron chi connectivity index (χ2n) is 5.60. The number of likely N-dealkylation sites (tertiary alicyclic amines) is 1. The molecule has 1 heterocycles. The van der Waals surface area contributed by atoms with Gasteiger partial charge in [0.25, 0.3) is 0 Å². The molecule has 1 aliphatic carbocycles. The van der Waals surface area contributed by atoms with Crippen LogP contribution in [0.25, 0.3) is 0 Å². The van der Waals surface area contributed by atoms with Crippen LogP contribution in [0.15, 0.2) is 0 Å². The van der Waals surface area contributed by atoms with E-state index in [0.29, 0.717) is 37.5 Å². The van der Waals surface area contributed by atoms with E-state index in [1.807, 2.05) is 0 Å². The zero-order valence-corrected chi connectivity index (χ0v) is 11.4. The molecule has 0 spiro atoms. The van der Waals surface area contributed by atoms with Crippen LogP contribution in [0.4, 0.5) is 4.79 Å². The Bertz CT molecular complexity index is 344. The summed E-state index contributed by atoms with van der Waals surface area (Å²) in [7, 11) is 1.40. The minimum atomic E-state index is -0.370. The minimum absolute atomic E-state index is 0.192. The quantitative estimate of drug-likeness (QED) is 0.710. The SMILES string of the molecule is COC(=O)CCC1CC(NC2CC2)CN(C(N)=O)C1. The lowest BCUT2D eigenvalue weighted by atomic mass is 9.90. The molecular weight excluding hydrogens is 246 g/mol. The average Bonchev–Trinajstić information content (AvgIpc) is 3.19. The van der Waals surface area contributed by atoms with Crippen LogP contribution in [-0.2, 0) is 9.53 Å². The van der Waals surface area contributed by atoms with Gasteiger partial charge in [0.2, 0.25) is 0 Å². The first kappa shape index (κ1) is 14.1. The number of nitrogens with one attached hydrogen (secondary N) is 1. The van der Waals surface area contributed by atoms with Crippen molar-refractivity contribution in [2.24, 2.45) is 11.7 Å². The van der Waals surface area contributed by atoms with Crippen molar-refractivity contribution in [3.8, 4) is 0 Å². The van der Waals surface area contributed by atoms with Crippen molar-refractivity contribution in [2.75, 3.05) is 20.2 Å². The highest BCUT2D eigenvalue weighted by molar-refractivity contribution is 5.72. The van der Waals surface area contributed by atoms with Crippen molar-refractivity contribution >= 4 is 12.0 Å². The Hall–Kier alpha value is -1.30. The highest BCUT2D eigenvalue weighted by atomic mass is 16.5. The number of primary amides is 1. The largest absolute Gasteiger partial charge is 0.469 e. The molecule has 2 fully saturated rings. The predicted molar refractivity (Wildman–Crippen MR) is 70.5 cm³/mol. The Morgan fingerprint density at radius 2 is 2.05 bits per heavy atom. The number of methoxy groups -OCH3 is 1. The number of amides is 2. The second kappa shape index (κ2) is 6.23. The second-order valence-corrected chi connectivity index (χ2v) is 5.60. The van der Waals surface area contributed by atoms with E-state index < -0.39 is 0 Å². The van der Waals surface area contributed by atoms with Crippen molar-refractivity contribution < 1.29 is 14.3 Å². The maximum absolute atomic E-state index is 11.4. The van der Waals surface area contributed by atoms with E-state index in [2.05, 4.69) is 10.1 Å². The van der Waals surface area contributed by atoms with Gasteiger partial charge in [-0.05, 0) is 31.6 Å². The molecule has 6 nitrogen and oxygen atoms in total. The van der Waals surface area contributed by atoms with Crippen LogP contribution in [-0.4, -0.2) is 49.2 Å². The van der Waals surface area contributed by atoms with Gasteiger partial charge in [0.15, 0.2) is 0 Å². The molecule has 0 aromatic carbocycles. The van der Waals surface area contributed by atoms with Crippen molar-refractivity contribution in [3.63, 3.8) is 0 Å². The van der Waals surface area contributed by atoms with E-state index in [0.717, 1.165) is 12.8 Å². The molecule has 0 aromatic rings. The van der Waals surface area contributed by atoms with Gasteiger partial charge in [0, 0.05) is 31.6 Å². The first-order valence-corrected chi connectivity index (χ1v) is 6.95. The van der Waals surface area contributed by atoms with Crippen LogP contribution in [0.3, 0.4) is 0 Å². The normalized spacial score (nSPS) is 27.1. The monoisotopic (exact) mass is 269 g/mol.